The summed E-state index contributed by atoms with van der Waals surface area (Å²) in [5, 5.41) is 6.89. The van der Waals surface area contributed by atoms with Crippen LogP contribution in [-0.2, 0) is 0 Å². The molecule has 0 saturated carbocycles. The third-order valence-electron chi connectivity index (χ3n) is 3.79. The first-order chi connectivity index (χ1) is 12.1. The maximum absolute atomic E-state index is 14.4. The van der Waals surface area contributed by atoms with Crippen molar-refractivity contribution in [2.24, 2.45) is 0 Å². The Labute approximate surface area is 145 Å². The summed E-state index contributed by atoms with van der Waals surface area (Å²) < 4.78 is 25.3. The third kappa shape index (κ3) is 3.60. The van der Waals surface area contributed by atoms with Crippen LogP contribution in [0.5, 0.6) is 5.75 Å². The molecular weight excluding hydrogens is 323 g/mol. The highest BCUT2D eigenvalue weighted by molar-refractivity contribution is 5.70. The lowest BCUT2D eigenvalue weighted by molar-refractivity contribution is 0.216. The normalized spacial score (nSPS) is 12.0. The standard InChI is InChI=1S/C18H19FN4O2/c1-4-11(2)24-12-7-8-13(15(19)10-12)18-22-17(23-25-18)14-6-5-9-21-16(14)20-3/h5-11H,4H2,1-3H3,(H,20,21)/t11-/m0/s1. The van der Waals surface area contributed by atoms with Crippen LogP contribution < -0.4 is 10.1 Å². The minimum atomic E-state index is -0.476. The second-order valence-corrected chi connectivity index (χ2v) is 5.55. The molecule has 0 spiro atoms. The Bertz CT molecular complexity index is 866. The molecule has 0 aliphatic carbocycles. The number of hydrogen-bond acceptors (Lipinski definition) is 6. The van der Waals surface area contributed by atoms with Crippen molar-refractivity contribution in [3.05, 3.63) is 42.3 Å². The molecule has 1 aromatic carbocycles. The van der Waals surface area contributed by atoms with Crippen molar-refractivity contribution >= 4 is 5.82 Å². The molecule has 0 fully saturated rings. The molecule has 2 heterocycles. The Hall–Kier alpha value is -2.96. The first-order valence-electron chi connectivity index (χ1n) is 8.05. The van der Waals surface area contributed by atoms with Gasteiger partial charge in [-0.1, -0.05) is 12.1 Å². The number of nitrogens with one attached hydrogen (secondary N) is 1. The van der Waals surface area contributed by atoms with E-state index in [4.69, 9.17) is 9.26 Å². The molecule has 0 amide bonds. The van der Waals surface area contributed by atoms with Gasteiger partial charge in [0.1, 0.15) is 17.4 Å². The maximum atomic E-state index is 14.4. The first-order valence-corrected chi connectivity index (χ1v) is 8.05. The van der Waals surface area contributed by atoms with Crippen LogP contribution in [0.2, 0.25) is 0 Å². The van der Waals surface area contributed by atoms with Gasteiger partial charge in [0, 0.05) is 19.3 Å². The fourth-order valence-corrected chi connectivity index (χ4v) is 2.29. The molecule has 3 aromatic rings. The lowest BCUT2D eigenvalue weighted by Gasteiger charge is -2.12. The summed E-state index contributed by atoms with van der Waals surface area (Å²) in [4.78, 5) is 8.49. The number of anilines is 1. The molecule has 0 bridgehead atoms. The molecule has 0 unspecified atom stereocenters. The number of aromatic nitrogens is 3. The zero-order valence-electron chi connectivity index (χ0n) is 14.3. The van der Waals surface area contributed by atoms with Gasteiger partial charge in [-0.3, -0.25) is 0 Å². The van der Waals surface area contributed by atoms with E-state index in [1.807, 2.05) is 19.9 Å². The van der Waals surface area contributed by atoms with E-state index < -0.39 is 5.82 Å². The van der Waals surface area contributed by atoms with Crippen LogP contribution >= 0.6 is 0 Å². The van der Waals surface area contributed by atoms with Crippen LogP contribution in [0.3, 0.4) is 0 Å². The number of pyridine rings is 1. The molecule has 0 saturated heterocycles. The van der Waals surface area contributed by atoms with Gasteiger partial charge < -0.3 is 14.6 Å². The molecule has 6 nitrogen and oxygen atoms in total. The third-order valence-corrected chi connectivity index (χ3v) is 3.79. The summed E-state index contributed by atoms with van der Waals surface area (Å²) in [5.74, 6) is 1.06. The van der Waals surface area contributed by atoms with E-state index in [1.165, 1.54) is 6.07 Å². The average molecular weight is 342 g/mol. The fourth-order valence-electron chi connectivity index (χ4n) is 2.29. The first kappa shape index (κ1) is 16.9. The lowest BCUT2D eigenvalue weighted by atomic mass is 10.2. The van der Waals surface area contributed by atoms with Crippen LogP contribution in [0.4, 0.5) is 10.2 Å². The number of hydrogen-bond donors (Lipinski definition) is 1. The molecule has 25 heavy (non-hydrogen) atoms. The Balaban J connectivity index is 1.90. The van der Waals surface area contributed by atoms with Crippen molar-refractivity contribution in [2.75, 3.05) is 12.4 Å². The smallest absolute Gasteiger partial charge is 0.261 e. The van der Waals surface area contributed by atoms with Gasteiger partial charge in [-0.2, -0.15) is 4.98 Å². The molecule has 1 atom stereocenters. The van der Waals surface area contributed by atoms with Gasteiger partial charge in [0.05, 0.1) is 17.2 Å². The Morgan fingerprint density at radius 1 is 1.28 bits per heavy atom. The van der Waals surface area contributed by atoms with Gasteiger partial charge in [-0.25, -0.2) is 9.37 Å². The molecule has 3 rings (SSSR count). The minimum Gasteiger partial charge on any atom is -0.491 e. The number of nitrogens with zero attached hydrogens (tertiary/aromatic N) is 3. The fraction of sp³-hybridized carbons (Fsp3) is 0.278. The van der Waals surface area contributed by atoms with Gasteiger partial charge >= 0.3 is 0 Å². The highest BCUT2D eigenvalue weighted by Gasteiger charge is 2.17. The van der Waals surface area contributed by atoms with Gasteiger partial charge in [0.25, 0.3) is 5.89 Å². The summed E-state index contributed by atoms with van der Waals surface area (Å²) in [6.45, 7) is 3.94. The highest BCUT2D eigenvalue weighted by atomic mass is 19.1. The van der Waals surface area contributed by atoms with Crippen LogP contribution in [0.1, 0.15) is 20.3 Å². The van der Waals surface area contributed by atoms with Gasteiger partial charge in [-0.15, -0.1) is 0 Å². The Kier molecular flexibility index (Phi) is 4.92. The molecule has 2 aromatic heterocycles. The lowest BCUT2D eigenvalue weighted by Crippen LogP contribution is -2.09. The highest BCUT2D eigenvalue weighted by Crippen LogP contribution is 2.29. The van der Waals surface area contributed by atoms with Crippen molar-refractivity contribution in [2.45, 2.75) is 26.4 Å². The molecule has 0 aliphatic heterocycles. The van der Waals surface area contributed by atoms with Crippen molar-refractivity contribution in [3.8, 4) is 28.6 Å². The van der Waals surface area contributed by atoms with E-state index in [0.717, 1.165) is 6.42 Å². The van der Waals surface area contributed by atoms with Crippen molar-refractivity contribution in [3.63, 3.8) is 0 Å². The number of halogens is 1. The predicted octanol–water partition coefficient (Wildman–Crippen LogP) is 4.16. The van der Waals surface area contributed by atoms with Gasteiger partial charge in [0.15, 0.2) is 0 Å². The number of rotatable bonds is 6. The Morgan fingerprint density at radius 3 is 2.84 bits per heavy atom. The van der Waals surface area contributed by atoms with Crippen LogP contribution in [-0.4, -0.2) is 28.3 Å². The summed E-state index contributed by atoms with van der Waals surface area (Å²) in [6, 6.07) is 8.18. The summed E-state index contributed by atoms with van der Waals surface area (Å²) in [6.07, 6.45) is 2.52. The van der Waals surface area contributed by atoms with E-state index in [0.29, 0.717) is 23.0 Å². The maximum Gasteiger partial charge on any atom is 0.261 e. The van der Waals surface area contributed by atoms with Crippen molar-refractivity contribution < 1.29 is 13.7 Å². The van der Waals surface area contributed by atoms with Crippen LogP contribution in [0.25, 0.3) is 22.8 Å². The molecule has 0 radical (unpaired) electrons. The topological polar surface area (TPSA) is 73.1 Å². The zero-order valence-corrected chi connectivity index (χ0v) is 14.3. The van der Waals surface area contributed by atoms with E-state index in [9.17, 15) is 4.39 Å². The van der Waals surface area contributed by atoms with Crippen molar-refractivity contribution in [1.82, 2.24) is 15.1 Å². The van der Waals surface area contributed by atoms with Crippen LogP contribution in [0.15, 0.2) is 41.1 Å². The van der Waals surface area contributed by atoms with Crippen molar-refractivity contribution in [1.29, 1.82) is 0 Å². The molecule has 7 heteroatoms. The SMILES string of the molecule is CC[C@H](C)Oc1ccc(-c2nc(-c3cccnc3NC)no2)c(F)c1. The van der Waals surface area contributed by atoms with E-state index in [-0.39, 0.29) is 17.6 Å². The molecular formula is C18H19FN4O2. The Morgan fingerprint density at radius 2 is 2.12 bits per heavy atom. The predicted molar refractivity (Wildman–Crippen MR) is 92.9 cm³/mol. The molecule has 1 N–H and O–H groups in total. The second kappa shape index (κ2) is 7.29. The monoisotopic (exact) mass is 342 g/mol. The van der Waals surface area contributed by atoms with E-state index in [2.05, 4.69) is 20.4 Å². The molecule has 130 valence electrons. The quantitative estimate of drug-likeness (QED) is 0.725. The summed E-state index contributed by atoms with van der Waals surface area (Å²) in [5.41, 5.74) is 0.905. The van der Waals surface area contributed by atoms with E-state index in [1.54, 1.807) is 31.4 Å². The number of benzene rings is 1. The summed E-state index contributed by atoms with van der Waals surface area (Å²) >= 11 is 0. The molecule has 0 aliphatic rings. The van der Waals surface area contributed by atoms with E-state index >= 15 is 0 Å². The largest absolute Gasteiger partial charge is 0.491 e. The van der Waals surface area contributed by atoms with Gasteiger partial charge in [0.2, 0.25) is 5.82 Å². The minimum absolute atomic E-state index is 0.0193. The summed E-state index contributed by atoms with van der Waals surface area (Å²) in [7, 11) is 1.75. The van der Waals surface area contributed by atoms with Crippen LogP contribution in [0, 0.1) is 5.82 Å². The zero-order chi connectivity index (χ0) is 17.8. The van der Waals surface area contributed by atoms with Gasteiger partial charge in [-0.05, 0) is 37.6 Å². The number of ether oxygens (including phenoxy) is 1. The average Bonchev–Trinajstić information content (AvgIpc) is 3.11. The second-order valence-electron chi connectivity index (χ2n) is 5.55.